The summed E-state index contributed by atoms with van der Waals surface area (Å²) in [6.45, 7) is 5.10. The Morgan fingerprint density at radius 2 is 1.79 bits per heavy atom. The van der Waals surface area contributed by atoms with E-state index in [2.05, 4.69) is 44.2 Å². The second kappa shape index (κ2) is 6.03. The van der Waals surface area contributed by atoms with Crippen LogP contribution in [-0.2, 0) is 6.42 Å². The molecule has 3 heteroatoms. The van der Waals surface area contributed by atoms with Crippen LogP contribution >= 0.6 is 11.6 Å². The Kier molecular flexibility index (Phi) is 3.85. The van der Waals surface area contributed by atoms with Crippen molar-refractivity contribution in [2.24, 2.45) is 0 Å². The Balaban J connectivity index is 1.67. The molecule has 0 aromatic heterocycles. The summed E-state index contributed by atoms with van der Waals surface area (Å²) in [6.07, 6.45) is 0.834. The molecule has 0 fully saturated rings. The fourth-order valence-electron chi connectivity index (χ4n) is 3.08. The van der Waals surface area contributed by atoms with Crippen molar-refractivity contribution in [2.75, 3.05) is 6.61 Å². The van der Waals surface area contributed by atoms with E-state index >= 15 is 0 Å². The Labute approximate surface area is 147 Å². The molecule has 3 aromatic carbocycles. The maximum atomic E-state index is 6.47. The zero-order valence-corrected chi connectivity index (χ0v) is 14.6. The van der Waals surface area contributed by atoms with Crippen molar-refractivity contribution in [2.45, 2.75) is 26.2 Å². The van der Waals surface area contributed by atoms with E-state index in [-0.39, 0.29) is 0 Å². The largest absolute Gasteiger partial charge is 0.493 e. The Morgan fingerprint density at radius 1 is 1.00 bits per heavy atom. The molecule has 1 heterocycles. The van der Waals surface area contributed by atoms with Crippen LogP contribution in [0.15, 0.2) is 48.5 Å². The van der Waals surface area contributed by atoms with Gasteiger partial charge in [-0.05, 0) is 46.5 Å². The summed E-state index contributed by atoms with van der Waals surface area (Å²) < 4.78 is 11.6. The first-order chi connectivity index (χ1) is 11.6. The van der Waals surface area contributed by atoms with Crippen molar-refractivity contribution < 1.29 is 9.47 Å². The molecule has 0 atom stereocenters. The molecule has 0 radical (unpaired) electrons. The molecule has 0 saturated carbocycles. The van der Waals surface area contributed by atoms with Gasteiger partial charge in [0.15, 0.2) is 0 Å². The standard InChI is InChI=1S/C21H19ClO2/c1-13(2)14-3-4-16-12-17(6-5-15(16)11-14)24-20-8-7-19-18(21(20)22)9-10-23-19/h3-8,11-13H,9-10H2,1-2H3. The van der Waals surface area contributed by atoms with Gasteiger partial charge >= 0.3 is 0 Å². The highest BCUT2D eigenvalue weighted by molar-refractivity contribution is 6.33. The van der Waals surface area contributed by atoms with Crippen LogP contribution in [0.5, 0.6) is 17.2 Å². The lowest BCUT2D eigenvalue weighted by Crippen LogP contribution is -1.90. The van der Waals surface area contributed by atoms with Crippen LogP contribution in [0.1, 0.15) is 30.9 Å². The molecule has 0 amide bonds. The average Bonchev–Trinajstić information content (AvgIpc) is 3.06. The first kappa shape index (κ1) is 15.3. The molecule has 1 aliphatic rings. The van der Waals surface area contributed by atoms with E-state index in [9.17, 15) is 0 Å². The molecule has 24 heavy (non-hydrogen) atoms. The minimum atomic E-state index is 0.526. The predicted octanol–water partition coefficient (Wildman–Crippen LogP) is 6.34. The van der Waals surface area contributed by atoms with Gasteiger partial charge in [0, 0.05) is 12.0 Å². The second-order valence-corrected chi connectivity index (χ2v) is 6.86. The van der Waals surface area contributed by atoms with E-state index in [4.69, 9.17) is 21.1 Å². The van der Waals surface area contributed by atoms with Crippen LogP contribution in [0, 0.1) is 0 Å². The first-order valence-corrected chi connectivity index (χ1v) is 8.65. The van der Waals surface area contributed by atoms with Crippen LogP contribution in [0.4, 0.5) is 0 Å². The number of halogens is 1. The van der Waals surface area contributed by atoms with Gasteiger partial charge in [0.05, 0.1) is 11.6 Å². The molecular weight excluding hydrogens is 320 g/mol. The van der Waals surface area contributed by atoms with Crippen molar-refractivity contribution in [3.8, 4) is 17.2 Å². The van der Waals surface area contributed by atoms with E-state index in [0.717, 1.165) is 28.9 Å². The highest BCUT2D eigenvalue weighted by Gasteiger charge is 2.19. The van der Waals surface area contributed by atoms with Crippen LogP contribution in [0.3, 0.4) is 0 Å². The summed E-state index contributed by atoms with van der Waals surface area (Å²) in [5.74, 6) is 2.87. The molecule has 0 N–H and O–H groups in total. The highest BCUT2D eigenvalue weighted by atomic mass is 35.5. The van der Waals surface area contributed by atoms with Gasteiger partial charge < -0.3 is 9.47 Å². The molecule has 4 rings (SSSR count). The van der Waals surface area contributed by atoms with Crippen LogP contribution in [0.2, 0.25) is 5.02 Å². The Morgan fingerprint density at radius 3 is 2.62 bits per heavy atom. The first-order valence-electron chi connectivity index (χ1n) is 8.27. The molecule has 3 aromatic rings. The number of hydrogen-bond donors (Lipinski definition) is 0. The van der Waals surface area contributed by atoms with Gasteiger partial charge in [-0.25, -0.2) is 0 Å². The third kappa shape index (κ3) is 2.71. The Hall–Kier alpha value is -2.19. The molecule has 0 bridgehead atoms. The minimum absolute atomic E-state index is 0.526. The van der Waals surface area contributed by atoms with E-state index in [1.54, 1.807) is 0 Å². The van der Waals surface area contributed by atoms with E-state index < -0.39 is 0 Å². The quantitative estimate of drug-likeness (QED) is 0.554. The number of benzene rings is 3. The van der Waals surface area contributed by atoms with E-state index in [1.165, 1.54) is 10.9 Å². The number of hydrogen-bond acceptors (Lipinski definition) is 2. The third-order valence-electron chi connectivity index (χ3n) is 4.50. The lowest BCUT2D eigenvalue weighted by atomic mass is 9.99. The molecule has 0 saturated heterocycles. The lowest BCUT2D eigenvalue weighted by Gasteiger charge is -2.12. The van der Waals surface area contributed by atoms with Crippen LogP contribution in [0.25, 0.3) is 10.8 Å². The van der Waals surface area contributed by atoms with Gasteiger partial charge in [-0.1, -0.05) is 49.7 Å². The van der Waals surface area contributed by atoms with Crippen LogP contribution < -0.4 is 9.47 Å². The third-order valence-corrected chi connectivity index (χ3v) is 4.92. The SMILES string of the molecule is CC(C)c1ccc2cc(Oc3ccc4c(c3Cl)CCO4)ccc2c1. The molecule has 0 unspecified atom stereocenters. The summed E-state index contributed by atoms with van der Waals surface area (Å²) in [5, 5.41) is 3.04. The van der Waals surface area contributed by atoms with Crippen molar-refractivity contribution in [3.05, 3.63) is 64.7 Å². The zero-order chi connectivity index (χ0) is 16.7. The topological polar surface area (TPSA) is 18.5 Å². The van der Waals surface area contributed by atoms with Gasteiger partial charge in [0.25, 0.3) is 0 Å². The van der Waals surface area contributed by atoms with Gasteiger partial charge in [0.1, 0.15) is 17.2 Å². The highest BCUT2D eigenvalue weighted by Crippen LogP contribution is 2.40. The fourth-order valence-corrected chi connectivity index (χ4v) is 3.37. The average molecular weight is 339 g/mol. The number of fused-ring (bicyclic) bond motifs is 2. The van der Waals surface area contributed by atoms with Crippen molar-refractivity contribution >= 4 is 22.4 Å². The maximum absolute atomic E-state index is 6.47. The second-order valence-electron chi connectivity index (χ2n) is 6.48. The normalized spacial score (nSPS) is 13.2. The van der Waals surface area contributed by atoms with E-state index in [1.807, 2.05) is 18.2 Å². The zero-order valence-electron chi connectivity index (χ0n) is 13.8. The van der Waals surface area contributed by atoms with Gasteiger partial charge in [-0.2, -0.15) is 0 Å². The fraction of sp³-hybridized carbons (Fsp3) is 0.238. The van der Waals surface area contributed by atoms with Crippen molar-refractivity contribution in [1.29, 1.82) is 0 Å². The molecule has 2 nitrogen and oxygen atoms in total. The van der Waals surface area contributed by atoms with E-state index in [0.29, 0.717) is 23.3 Å². The smallest absolute Gasteiger partial charge is 0.146 e. The van der Waals surface area contributed by atoms with Gasteiger partial charge in [-0.15, -0.1) is 0 Å². The van der Waals surface area contributed by atoms with Gasteiger partial charge in [-0.3, -0.25) is 0 Å². The van der Waals surface area contributed by atoms with Gasteiger partial charge in [0.2, 0.25) is 0 Å². The molecule has 122 valence electrons. The van der Waals surface area contributed by atoms with Crippen LogP contribution in [-0.4, -0.2) is 6.61 Å². The Bertz CT molecular complexity index is 915. The molecular formula is C21H19ClO2. The lowest BCUT2D eigenvalue weighted by molar-refractivity contribution is 0.356. The summed E-state index contributed by atoms with van der Waals surface area (Å²) in [6, 6.07) is 16.5. The summed E-state index contributed by atoms with van der Waals surface area (Å²) in [5.41, 5.74) is 2.38. The van der Waals surface area contributed by atoms with Crippen molar-refractivity contribution in [1.82, 2.24) is 0 Å². The predicted molar refractivity (Wildman–Crippen MR) is 98.8 cm³/mol. The number of ether oxygens (including phenoxy) is 2. The monoisotopic (exact) mass is 338 g/mol. The van der Waals surface area contributed by atoms with Crippen molar-refractivity contribution in [3.63, 3.8) is 0 Å². The molecule has 0 spiro atoms. The minimum Gasteiger partial charge on any atom is -0.493 e. The summed E-state index contributed by atoms with van der Waals surface area (Å²) in [4.78, 5) is 0. The summed E-state index contributed by atoms with van der Waals surface area (Å²) >= 11 is 6.47. The molecule has 0 aliphatic carbocycles. The number of rotatable bonds is 3. The maximum Gasteiger partial charge on any atom is 0.146 e. The molecule has 1 aliphatic heterocycles. The summed E-state index contributed by atoms with van der Waals surface area (Å²) in [7, 11) is 0.